The number of carbonyl (C=O) groups excluding carboxylic acids is 1. The number of aromatic nitrogens is 4. The molecule has 31 heavy (non-hydrogen) atoms. The summed E-state index contributed by atoms with van der Waals surface area (Å²) in [5.41, 5.74) is 12.0. The smallest absolute Gasteiger partial charge is 0.278 e. The molecule has 5 aromatic rings. The molecule has 1 fully saturated rings. The van der Waals surface area contributed by atoms with Crippen LogP contribution >= 0.6 is 11.3 Å². The van der Waals surface area contributed by atoms with E-state index in [1.54, 1.807) is 28.3 Å². The quantitative estimate of drug-likeness (QED) is 0.457. The number of nitrogens with zero attached hydrogens (tertiary/aromatic N) is 5. The van der Waals surface area contributed by atoms with Crippen LogP contribution in [0.25, 0.3) is 32.0 Å². The summed E-state index contributed by atoms with van der Waals surface area (Å²) in [5.74, 6) is 0.241. The fourth-order valence-corrected chi connectivity index (χ4v) is 4.93. The topological polar surface area (TPSA) is 99.2 Å². The first-order chi connectivity index (χ1) is 15.1. The molecular formula is C22H18N6O2S. The zero-order chi connectivity index (χ0) is 21.1. The van der Waals surface area contributed by atoms with Crippen molar-refractivity contribution in [3.05, 3.63) is 59.2 Å². The second-order valence-electron chi connectivity index (χ2n) is 7.61. The molecule has 8 nitrogen and oxygen atoms in total. The van der Waals surface area contributed by atoms with Gasteiger partial charge in [-0.3, -0.25) is 14.3 Å². The van der Waals surface area contributed by atoms with Gasteiger partial charge in [0.2, 0.25) is 0 Å². The number of rotatable bonds is 2. The number of amides is 1. The molecule has 1 saturated heterocycles. The highest BCUT2D eigenvalue weighted by atomic mass is 32.1. The standard InChI is InChI=1S/C22H18N6O2S/c1-27-20-14-8-13(2-4-16(14)26-21(23)15(20)10-25-27)22(29)28-18(6-7-30-28)12-3-5-19-17(9-12)24-11-31-19/h2-5,8-11,18H,6-7H2,1H3,(H2,23,26). The minimum Gasteiger partial charge on any atom is -0.383 e. The summed E-state index contributed by atoms with van der Waals surface area (Å²) in [6.07, 6.45) is 2.43. The first kappa shape index (κ1) is 18.2. The Balaban J connectivity index is 1.42. The van der Waals surface area contributed by atoms with Crippen LogP contribution in [0.15, 0.2) is 48.1 Å². The van der Waals surface area contributed by atoms with Crippen LogP contribution in [0.4, 0.5) is 5.82 Å². The number of nitrogens with two attached hydrogens (primary N) is 1. The van der Waals surface area contributed by atoms with E-state index >= 15 is 0 Å². The Labute approximate surface area is 180 Å². The molecule has 0 saturated carbocycles. The van der Waals surface area contributed by atoms with Crippen molar-refractivity contribution in [2.24, 2.45) is 7.05 Å². The normalized spacial score (nSPS) is 16.7. The molecule has 0 spiro atoms. The Morgan fingerprint density at radius 1 is 1.19 bits per heavy atom. The molecule has 1 atom stereocenters. The molecule has 1 aliphatic heterocycles. The fraction of sp³-hybridized carbons (Fsp3) is 0.182. The van der Waals surface area contributed by atoms with Crippen LogP contribution in [0.2, 0.25) is 0 Å². The third-order valence-electron chi connectivity index (χ3n) is 5.80. The van der Waals surface area contributed by atoms with Gasteiger partial charge in [0.15, 0.2) is 0 Å². The minimum atomic E-state index is -0.185. The van der Waals surface area contributed by atoms with Crippen LogP contribution in [0.1, 0.15) is 28.4 Å². The Morgan fingerprint density at radius 3 is 3.00 bits per heavy atom. The number of hydrogen-bond acceptors (Lipinski definition) is 7. The van der Waals surface area contributed by atoms with Crippen LogP contribution in [0, 0.1) is 0 Å². The highest BCUT2D eigenvalue weighted by molar-refractivity contribution is 7.16. The van der Waals surface area contributed by atoms with Crippen molar-refractivity contribution < 1.29 is 9.63 Å². The zero-order valence-corrected chi connectivity index (χ0v) is 17.5. The van der Waals surface area contributed by atoms with Gasteiger partial charge < -0.3 is 5.73 Å². The number of pyridine rings is 1. The molecule has 0 bridgehead atoms. The zero-order valence-electron chi connectivity index (χ0n) is 16.6. The molecule has 2 aromatic carbocycles. The van der Waals surface area contributed by atoms with Crippen LogP contribution < -0.4 is 5.73 Å². The van der Waals surface area contributed by atoms with Gasteiger partial charge in [-0.2, -0.15) is 5.10 Å². The van der Waals surface area contributed by atoms with E-state index in [0.29, 0.717) is 18.0 Å². The first-order valence-electron chi connectivity index (χ1n) is 9.91. The molecule has 2 N–H and O–H groups in total. The van der Waals surface area contributed by atoms with E-state index < -0.39 is 0 Å². The van der Waals surface area contributed by atoms with Gasteiger partial charge >= 0.3 is 0 Å². The molecule has 4 heterocycles. The second-order valence-corrected chi connectivity index (χ2v) is 8.49. The lowest BCUT2D eigenvalue weighted by Crippen LogP contribution is -2.29. The van der Waals surface area contributed by atoms with Gasteiger partial charge in [-0.25, -0.2) is 15.0 Å². The van der Waals surface area contributed by atoms with Crippen LogP contribution in [0.5, 0.6) is 0 Å². The predicted molar refractivity (Wildman–Crippen MR) is 120 cm³/mol. The van der Waals surface area contributed by atoms with E-state index in [-0.39, 0.29) is 11.9 Å². The number of hydrogen-bond donors (Lipinski definition) is 1. The summed E-state index contributed by atoms with van der Waals surface area (Å²) in [6.45, 7) is 0.489. The Kier molecular flexibility index (Phi) is 3.95. The number of hydroxylamine groups is 2. The van der Waals surface area contributed by atoms with E-state index in [2.05, 4.69) is 21.1 Å². The number of thiazole rings is 1. The van der Waals surface area contributed by atoms with E-state index in [1.807, 2.05) is 36.8 Å². The number of anilines is 1. The Morgan fingerprint density at radius 2 is 2.10 bits per heavy atom. The molecule has 0 aliphatic carbocycles. The monoisotopic (exact) mass is 430 g/mol. The van der Waals surface area contributed by atoms with Gasteiger partial charge in [0.1, 0.15) is 5.82 Å². The fourth-order valence-electron chi connectivity index (χ4n) is 4.27. The molecule has 1 aliphatic rings. The largest absolute Gasteiger partial charge is 0.383 e. The lowest BCUT2D eigenvalue weighted by Gasteiger charge is -2.23. The second kappa shape index (κ2) is 6.73. The summed E-state index contributed by atoms with van der Waals surface area (Å²) in [6, 6.07) is 11.4. The lowest BCUT2D eigenvalue weighted by atomic mass is 10.0. The molecule has 0 radical (unpaired) electrons. The van der Waals surface area contributed by atoms with Crippen molar-refractivity contribution in [2.45, 2.75) is 12.5 Å². The SMILES string of the molecule is Cn1ncc2c(N)nc3ccc(C(=O)N4OCCC4c4ccc5scnc5c4)cc3c21. The molecule has 1 amide bonds. The summed E-state index contributed by atoms with van der Waals surface area (Å²) in [4.78, 5) is 28.1. The van der Waals surface area contributed by atoms with Gasteiger partial charge in [-0.05, 0) is 35.9 Å². The third-order valence-corrected chi connectivity index (χ3v) is 6.61. The number of benzene rings is 2. The summed E-state index contributed by atoms with van der Waals surface area (Å²) in [7, 11) is 1.85. The predicted octanol–water partition coefficient (Wildman–Crippen LogP) is 3.83. The molecular weight excluding hydrogens is 412 g/mol. The Hall–Kier alpha value is -3.56. The van der Waals surface area contributed by atoms with Gasteiger partial charge in [0.25, 0.3) is 5.91 Å². The number of nitrogen functional groups attached to an aromatic ring is 1. The van der Waals surface area contributed by atoms with Crippen molar-refractivity contribution in [3.63, 3.8) is 0 Å². The van der Waals surface area contributed by atoms with Gasteiger partial charge in [0.05, 0.1) is 51.0 Å². The van der Waals surface area contributed by atoms with E-state index in [9.17, 15) is 4.79 Å². The molecule has 3 aromatic heterocycles. The lowest BCUT2D eigenvalue weighted by molar-refractivity contribution is -0.0964. The van der Waals surface area contributed by atoms with E-state index in [4.69, 9.17) is 10.6 Å². The van der Waals surface area contributed by atoms with Crippen LogP contribution in [-0.2, 0) is 11.9 Å². The summed E-state index contributed by atoms with van der Waals surface area (Å²) < 4.78 is 2.88. The van der Waals surface area contributed by atoms with Gasteiger partial charge in [-0.1, -0.05) is 6.07 Å². The molecule has 6 rings (SSSR count). The van der Waals surface area contributed by atoms with E-state index in [1.165, 1.54) is 5.06 Å². The maximum absolute atomic E-state index is 13.4. The van der Waals surface area contributed by atoms with Crippen LogP contribution in [0.3, 0.4) is 0 Å². The number of fused-ring (bicyclic) bond motifs is 4. The molecule has 9 heteroatoms. The number of aryl methyl sites for hydroxylation is 1. The van der Waals surface area contributed by atoms with E-state index in [0.717, 1.165) is 44.0 Å². The maximum atomic E-state index is 13.4. The minimum absolute atomic E-state index is 0.157. The molecule has 154 valence electrons. The average Bonchev–Trinajstić information content (AvgIpc) is 3.52. The molecule has 1 unspecified atom stereocenters. The summed E-state index contributed by atoms with van der Waals surface area (Å²) >= 11 is 1.60. The summed E-state index contributed by atoms with van der Waals surface area (Å²) in [5, 5.41) is 7.39. The first-order valence-corrected chi connectivity index (χ1v) is 10.8. The van der Waals surface area contributed by atoms with Crippen molar-refractivity contribution in [3.8, 4) is 0 Å². The van der Waals surface area contributed by atoms with Gasteiger partial charge in [-0.15, -0.1) is 11.3 Å². The van der Waals surface area contributed by atoms with Gasteiger partial charge in [0, 0.05) is 24.4 Å². The maximum Gasteiger partial charge on any atom is 0.278 e. The average molecular weight is 430 g/mol. The number of carbonyl (C=O) groups is 1. The van der Waals surface area contributed by atoms with Crippen molar-refractivity contribution in [2.75, 3.05) is 12.3 Å². The highest BCUT2D eigenvalue weighted by Crippen LogP contribution is 2.35. The Bertz CT molecular complexity index is 1490. The van der Waals surface area contributed by atoms with Crippen molar-refractivity contribution >= 4 is 55.1 Å². The highest BCUT2D eigenvalue weighted by Gasteiger charge is 2.33. The van der Waals surface area contributed by atoms with Crippen LogP contribution in [-0.4, -0.2) is 37.3 Å². The van der Waals surface area contributed by atoms with Crippen molar-refractivity contribution in [1.29, 1.82) is 0 Å². The third kappa shape index (κ3) is 2.77. The van der Waals surface area contributed by atoms with Crippen molar-refractivity contribution in [1.82, 2.24) is 24.8 Å².